The summed E-state index contributed by atoms with van der Waals surface area (Å²) in [5.74, 6) is -1.90. The Balaban J connectivity index is 1.51. The van der Waals surface area contributed by atoms with Crippen LogP contribution in [-0.2, 0) is 28.6 Å². The Labute approximate surface area is 294 Å². The molecule has 13 nitrogen and oxygen atoms in total. The molecule has 13 heteroatoms. The highest BCUT2D eigenvalue weighted by atomic mass is 16.6. The van der Waals surface area contributed by atoms with Gasteiger partial charge in [0.2, 0.25) is 11.8 Å². The summed E-state index contributed by atoms with van der Waals surface area (Å²) >= 11 is 0. The van der Waals surface area contributed by atoms with Gasteiger partial charge in [-0.1, -0.05) is 50.1 Å². The zero-order valence-corrected chi connectivity index (χ0v) is 29.7. The quantitative estimate of drug-likeness (QED) is 0.222. The lowest BCUT2D eigenvalue weighted by Crippen LogP contribution is -2.56. The number of unbranched alkanes of at least 4 members (excludes halogenated alkanes) is 2. The molecule has 1 aromatic carbocycles. The number of carbonyl (C=O) groups excluding carboxylic acids is 5. The van der Waals surface area contributed by atoms with Crippen molar-refractivity contribution in [3.05, 3.63) is 48.2 Å². The monoisotopic (exact) mass is 693 g/mol. The Hall–Kier alpha value is -4.52. The Morgan fingerprint density at radius 3 is 2.30 bits per heavy atom. The lowest BCUT2D eigenvalue weighted by molar-refractivity contribution is -0.155. The number of amides is 4. The van der Waals surface area contributed by atoms with Crippen LogP contribution in [0.25, 0.3) is 11.3 Å². The molecule has 4 amide bonds. The van der Waals surface area contributed by atoms with Gasteiger partial charge in [0.15, 0.2) is 0 Å². The highest BCUT2D eigenvalue weighted by Gasteiger charge is 2.32. The Morgan fingerprint density at radius 1 is 0.960 bits per heavy atom. The number of rotatable bonds is 13. The zero-order valence-electron chi connectivity index (χ0n) is 29.7. The maximum Gasteiger partial charge on any atom is 0.409 e. The van der Waals surface area contributed by atoms with E-state index >= 15 is 0 Å². The molecule has 2 aromatic rings. The van der Waals surface area contributed by atoms with Gasteiger partial charge in [0.25, 0.3) is 5.91 Å². The van der Waals surface area contributed by atoms with Crippen molar-refractivity contribution in [2.45, 2.75) is 84.3 Å². The van der Waals surface area contributed by atoms with E-state index in [4.69, 9.17) is 14.2 Å². The summed E-state index contributed by atoms with van der Waals surface area (Å²) in [5.41, 5.74) is 0.890. The number of hydrogen-bond donors (Lipinski definition) is 2. The second-order valence-corrected chi connectivity index (χ2v) is 13.7. The number of nitrogens with one attached hydrogen (secondary N) is 2. The molecular weight excluding hydrogens is 642 g/mol. The molecule has 2 aliphatic rings. The first kappa shape index (κ1) is 38.3. The maximum atomic E-state index is 13.9. The van der Waals surface area contributed by atoms with Crippen LogP contribution < -0.4 is 10.6 Å². The van der Waals surface area contributed by atoms with Gasteiger partial charge in [-0.25, -0.2) is 9.78 Å². The van der Waals surface area contributed by atoms with Crippen LogP contribution in [0.15, 0.2) is 42.5 Å². The van der Waals surface area contributed by atoms with Crippen LogP contribution in [0.4, 0.5) is 10.5 Å². The summed E-state index contributed by atoms with van der Waals surface area (Å²) < 4.78 is 16.2. The van der Waals surface area contributed by atoms with Gasteiger partial charge in [0, 0.05) is 63.0 Å². The predicted molar refractivity (Wildman–Crippen MR) is 187 cm³/mol. The minimum absolute atomic E-state index is 0.000614. The molecule has 50 heavy (non-hydrogen) atoms. The average Bonchev–Trinajstić information content (AvgIpc) is 3.11. The first-order valence-corrected chi connectivity index (χ1v) is 17.6. The van der Waals surface area contributed by atoms with Crippen LogP contribution in [0.1, 0.15) is 83.1 Å². The van der Waals surface area contributed by atoms with E-state index in [0.717, 1.165) is 24.8 Å². The van der Waals surface area contributed by atoms with Gasteiger partial charge >= 0.3 is 12.1 Å². The molecule has 1 atom stereocenters. The van der Waals surface area contributed by atoms with Crippen molar-refractivity contribution in [1.29, 1.82) is 0 Å². The summed E-state index contributed by atoms with van der Waals surface area (Å²) in [5, 5.41) is 5.76. The third kappa shape index (κ3) is 11.8. The number of hydrogen-bond acceptors (Lipinski definition) is 9. The molecule has 2 aliphatic heterocycles. The lowest BCUT2D eigenvalue weighted by atomic mass is 9.99. The minimum atomic E-state index is -1.08. The summed E-state index contributed by atoms with van der Waals surface area (Å²) in [6.45, 7) is 9.76. The summed E-state index contributed by atoms with van der Waals surface area (Å²) in [6.07, 6.45) is 3.47. The van der Waals surface area contributed by atoms with E-state index in [1.807, 2.05) is 30.3 Å². The van der Waals surface area contributed by atoms with Crippen LogP contribution in [-0.4, -0.2) is 102 Å². The number of esters is 1. The van der Waals surface area contributed by atoms with Crippen LogP contribution in [0.2, 0.25) is 0 Å². The number of anilines is 1. The second-order valence-electron chi connectivity index (χ2n) is 13.7. The number of benzene rings is 1. The molecule has 2 N–H and O–H groups in total. The van der Waals surface area contributed by atoms with E-state index in [1.165, 1.54) is 6.07 Å². The van der Waals surface area contributed by atoms with Gasteiger partial charge in [0.05, 0.1) is 12.3 Å². The van der Waals surface area contributed by atoms with Crippen LogP contribution in [0.3, 0.4) is 0 Å². The van der Waals surface area contributed by atoms with Crippen molar-refractivity contribution in [1.82, 2.24) is 20.1 Å². The fraction of sp³-hybridized carbons (Fsp3) is 0.568. The first-order valence-electron chi connectivity index (χ1n) is 17.6. The molecule has 0 spiro atoms. The molecule has 272 valence electrons. The summed E-state index contributed by atoms with van der Waals surface area (Å²) in [6, 6.07) is 11.4. The Bertz CT molecular complexity index is 1460. The van der Waals surface area contributed by atoms with Crippen LogP contribution in [0, 0.1) is 5.92 Å². The molecule has 0 bridgehead atoms. The molecule has 2 saturated heterocycles. The maximum absolute atomic E-state index is 13.9. The molecule has 0 unspecified atom stereocenters. The van der Waals surface area contributed by atoms with E-state index in [1.54, 1.807) is 36.6 Å². The van der Waals surface area contributed by atoms with Crippen molar-refractivity contribution in [2.24, 2.45) is 5.92 Å². The predicted octanol–water partition coefficient (Wildman–Crippen LogP) is 4.81. The zero-order chi connectivity index (χ0) is 36.1. The lowest BCUT2D eigenvalue weighted by Gasteiger charge is -2.36. The molecule has 3 heterocycles. The van der Waals surface area contributed by atoms with Crippen LogP contribution in [0.5, 0.6) is 0 Å². The summed E-state index contributed by atoms with van der Waals surface area (Å²) in [4.78, 5) is 73.8. The second kappa shape index (κ2) is 18.5. The van der Waals surface area contributed by atoms with E-state index in [-0.39, 0.29) is 62.4 Å². The van der Waals surface area contributed by atoms with E-state index < -0.39 is 29.6 Å². The van der Waals surface area contributed by atoms with Crippen molar-refractivity contribution < 1.29 is 38.2 Å². The van der Waals surface area contributed by atoms with Crippen molar-refractivity contribution in [3.63, 3.8) is 0 Å². The van der Waals surface area contributed by atoms with Gasteiger partial charge < -0.3 is 34.6 Å². The van der Waals surface area contributed by atoms with Gasteiger partial charge in [-0.3, -0.25) is 19.2 Å². The average molecular weight is 694 g/mol. The van der Waals surface area contributed by atoms with Crippen LogP contribution >= 0.6 is 0 Å². The SMILES string of the molecule is CCCCCOC(=O)N1CCN(C(=O)[C@H](CCC(=O)OC(C)(C)C)NC(=O)c2cc(NC(=O)C3CCOCC3)cc(-c3ccccc3)n2)CC1. The van der Waals surface area contributed by atoms with Gasteiger partial charge in [-0.15, -0.1) is 0 Å². The number of ether oxygens (including phenoxy) is 3. The molecule has 4 rings (SSSR count). The molecule has 0 saturated carbocycles. The smallest absolute Gasteiger partial charge is 0.409 e. The number of aromatic nitrogens is 1. The Kier molecular flexibility index (Phi) is 14.1. The highest BCUT2D eigenvalue weighted by Crippen LogP contribution is 2.24. The first-order chi connectivity index (χ1) is 23.9. The fourth-order valence-electron chi connectivity index (χ4n) is 5.76. The Morgan fingerprint density at radius 2 is 1.64 bits per heavy atom. The number of carbonyl (C=O) groups is 5. The van der Waals surface area contributed by atoms with E-state index in [0.29, 0.717) is 44.0 Å². The number of pyridine rings is 1. The van der Waals surface area contributed by atoms with Gasteiger partial charge in [-0.2, -0.15) is 0 Å². The fourth-order valence-corrected chi connectivity index (χ4v) is 5.76. The van der Waals surface area contributed by atoms with Crippen molar-refractivity contribution in [3.8, 4) is 11.3 Å². The summed E-state index contributed by atoms with van der Waals surface area (Å²) in [7, 11) is 0. The minimum Gasteiger partial charge on any atom is -0.460 e. The number of nitrogens with zero attached hydrogens (tertiary/aromatic N) is 3. The van der Waals surface area contributed by atoms with Crippen molar-refractivity contribution in [2.75, 3.05) is 51.3 Å². The van der Waals surface area contributed by atoms with E-state index in [9.17, 15) is 24.0 Å². The highest BCUT2D eigenvalue weighted by molar-refractivity contribution is 5.99. The third-order valence-corrected chi connectivity index (χ3v) is 8.47. The third-order valence-electron chi connectivity index (χ3n) is 8.47. The standard InChI is InChI=1S/C37H51N5O8/c1-5-6-10-21-49-36(47)42-19-17-41(18-20-42)35(46)29(13-14-32(43)50-37(2,3)4)40-34(45)31-25-28(38-33(44)27-15-22-48-23-16-27)24-30(39-31)26-11-8-7-9-12-26/h7-9,11-12,24-25,27,29H,5-6,10,13-23H2,1-4H3,(H,40,45)(H,38,39,44)/t29-/m0/s1. The van der Waals surface area contributed by atoms with Gasteiger partial charge in [-0.05, 0) is 58.6 Å². The molecule has 0 aliphatic carbocycles. The van der Waals surface area contributed by atoms with E-state index in [2.05, 4.69) is 22.5 Å². The number of piperazine rings is 1. The van der Waals surface area contributed by atoms with Gasteiger partial charge in [0.1, 0.15) is 17.3 Å². The topological polar surface area (TPSA) is 156 Å². The molecule has 0 radical (unpaired) electrons. The largest absolute Gasteiger partial charge is 0.460 e. The normalized spacial score (nSPS) is 15.9. The van der Waals surface area contributed by atoms with Crippen molar-refractivity contribution >= 4 is 35.5 Å². The molecular formula is C37H51N5O8. The molecule has 1 aromatic heterocycles. The molecule has 2 fully saturated rings.